The molecule has 24 heavy (non-hydrogen) atoms. The minimum Gasteiger partial charge on any atom is -0.461 e. The second-order valence-electron chi connectivity index (χ2n) is 6.74. The van der Waals surface area contributed by atoms with Crippen LogP contribution in [0.25, 0.3) is 0 Å². The Balaban J connectivity index is 2.32. The number of aromatic nitrogens is 1. The summed E-state index contributed by atoms with van der Waals surface area (Å²) in [6.07, 6.45) is 4.60. The van der Waals surface area contributed by atoms with Crippen molar-refractivity contribution in [3.63, 3.8) is 0 Å². The third kappa shape index (κ3) is 3.50. The van der Waals surface area contributed by atoms with Crippen LogP contribution in [0.3, 0.4) is 0 Å². The first-order valence-electron chi connectivity index (χ1n) is 9.09. The Morgan fingerprint density at radius 3 is 2.46 bits per heavy atom. The molecule has 5 nitrogen and oxygen atoms in total. The molecule has 5 heteroatoms. The van der Waals surface area contributed by atoms with E-state index in [2.05, 4.69) is 12.2 Å². The quantitative estimate of drug-likeness (QED) is 0.837. The Morgan fingerprint density at radius 2 is 1.88 bits per heavy atom. The number of nitrogens with one attached hydrogen (secondary N) is 1. The predicted molar refractivity (Wildman–Crippen MR) is 94.4 cm³/mol. The van der Waals surface area contributed by atoms with Crippen LogP contribution in [0.1, 0.15) is 78.6 Å². The molecule has 0 spiro atoms. The molecule has 1 aromatic heterocycles. The molecule has 1 N–H and O–H groups in total. The summed E-state index contributed by atoms with van der Waals surface area (Å²) in [5.41, 5.74) is 2.67. The van der Waals surface area contributed by atoms with Crippen molar-refractivity contribution in [2.75, 3.05) is 6.61 Å². The Kier molecular flexibility index (Phi) is 6.08. The number of amides is 1. The van der Waals surface area contributed by atoms with E-state index in [9.17, 15) is 9.59 Å². The Hall–Kier alpha value is -1.78. The molecule has 0 radical (unpaired) electrons. The molecule has 1 aliphatic carbocycles. The fourth-order valence-corrected chi connectivity index (χ4v) is 3.86. The van der Waals surface area contributed by atoms with E-state index in [0.717, 1.165) is 25.0 Å². The van der Waals surface area contributed by atoms with Gasteiger partial charge in [-0.1, -0.05) is 19.8 Å². The molecule has 0 aromatic carbocycles. The van der Waals surface area contributed by atoms with Crippen molar-refractivity contribution < 1.29 is 14.3 Å². The number of carbonyl (C=O) groups is 2. The Bertz CT molecular complexity index is 619. The first-order chi connectivity index (χ1) is 11.4. The van der Waals surface area contributed by atoms with Gasteiger partial charge in [0, 0.05) is 18.3 Å². The fraction of sp³-hybridized carbons (Fsp3) is 0.684. The molecule has 1 aliphatic rings. The van der Waals surface area contributed by atoms with E-state index >= 15 is 0 Å². The highest BCUT2D eigenvalue weighted by Crippen LogP contribution is 2.26. The first-order valence-corrected chi connectivity index (χ1v) is 9.09. The highest BCUT2D eigenvalue weighted by Gasteiger charge is 2.29. The summed E-state index contributed by atoms with van der Waals surface area (Å²) in [7, 11) is 0. The minimum absolute atomic E-state index is 0.0681. The predicted octanol–water partition coefficient (Wildman–Crippen LogP) is 3.61. The molecule has 2 rings (SSSR count). The van der Waals surface area contributed by atoms with Gasteiger partial charge in [-0.2, -0.15) is 0 Å². The van der Waals surface area contributed by atoms with Crippen molar-refractivity contribution in [2.45, 2.75) is 72.9 Å². The summed E-state index contributed by atoms with van der Waals surface area (Å²) in [5.74, 6) is 0.0765. The van der Waals surface area contributed by atoms with E-state index < -0.39 is 0 Å². The van der Waals surface area contributed by atoms with Gasteiger partial charge in [-0.05, 0) is 52.0 Å². The van der Waals surface area contributed by atoms with E-state index in [1.165, 1.54) is 6.42 Å². The van der Waals surface area contributed by atoms with Crippen molar-refractivity contribution in [1.29, 1.82) is 0 Å². The van der Waals surface area contributed by atoms with Gasteiger partial charge in [-0.25, -0.2) is 4.79 Å². The zero-order chi connectivity index (χ0) is 17.9. The maximum Gasteiger partial charge on any atom is 0.355 e. The second kappa shape index (κ2) is 7.86. The summed E-state index contributed by atoms with van der Waals surface area (Å²) in [4.78, 5) is 25.2. The molecule has 134 valence electrons. The Morgan fingerprint density at radius 1 is 1.21 bits per heavy atom. The largest absolute Gasteiger partial charge is 0.461 e. The van der Waals surface area contributed by atoms with Crippen LogP contribution in [0.15, 0.2) is 0 Å². The zero-order valence-electron chi connectivity index (χ0n) is 15.6. The number of ether oxygens (including phenoxy) is 1. The molecule has 1 amide bonds. The lowest BCUT2D eigenvalue weighted by atomic mass is 9.86. The fourth-order valence-electron chi connectivity index (χ4n) is 3.86. The molecule has 1 saturated carbocycles. The van der Waals surface area contributed by atoms with Crippen molar-refractivity contribution in [3.8, 4) is 0 Å². The maximum atomic E-state index is 12.9. The topological polar surface area (TPSA) is 60.3 Å². The van der Waals surface area contributed by atoms with Crippen molar-refractivity contribution in [1.82, 2.24) is 9.88 Å². The summed E-state index contributed by atoms with van der Waals surface area (Å²) < 4.78 is 7.06. The van der Waals surface area contributed by atoms with Gasteiger partial charge in [0.05, 0.1) is 12.2 Å². The molecule has 0 saturated heterocycles. The summed E-state index contributed by atoms with van der Waals surface area (Å²) in [5, 5.41) is 3.20. The van der Waals surface area contributed by atoms with E-state index in [4.69, 9.17) is 4.74 Å². The van der Waals surface area contributed by atoms with E-state index in [-0.39, 0.29) is 17.9 Å². The van der Waals surface area contributed by atoms with Crippen molar-refractivity contribution in [3.05, 3.63) is 22.5 Å². The number of rotatable bonds is 5. The van der Waals surface area contributed by atoms with E-state index in [1.54, 1.807) is 6.92 Å². The van der Waals surface area contributed by atoms with Crippen molar-refractivity contribution >= 4 is 11.9 Å². The van der Waals surface area contributed by atoms with Gasteiger partial charge < -0.3 is 14.6 Å². The number of nitrogens with zero attached hydrogens (tertiary/aromatic N) is 1. The number of esters is 1. The van der Waals surface area contributed by atoms with Crippen LogP contribution >= 0.6 is 0 Å². The van der Waals surface area contributed by atoms with Crippen LogP contribution < -0.4 is 5.32 Å². The second-order valence-corrected chi connectivity index (χ2v) is 6.74. The lowest BCUT2D eigenvalue weighted by molar-refractivity contribution is 0.0512. The van der Waals surface area contributed by atoms with Gasteiger partial charge in [-0.3, -0.25) is 4.79 Å². The molecule has 2 unspecified atom stereocenters. The number of hydrogen-bond acceptors (Lipinski definition) is 3. The Labute approximate surface area is 144 Å². The van der Waals surface area contributed by atoms with Crippen LogP contribution in [0.5, 0.6) is 0 Å². The van der Waals surface area contributed by atoms with Gasteiger partial charge in [0.1, 0.15) is 5.69 Å². The summed E-state index contributed by atoms with van der Waals surface area (Å²) in [6.45, 7) is 10.7. The van der Waals surface area contributed by atoms with Gasteiger partial charge in [-0.15, -0.1) is 0 Å². The average molecular weight is 334 g/mol. The van der Waals surface area contributed by atoms with Gasteiger partial charge in [0.25, 0.3) is 5.91 Å². The standard InChI is InChI=1S/C19H30N2O3/c1-6-21-14(5)16(13(4)17(21)19(23)24-7-2)18(22)20-15-11-9-8-10-12(15)3/h12,15H,6-11H2,1-5H3,(H,20,22). The van der Waals surface area contributed by atoms with Crippen LogP contribution in [-0.4, -0.2) is 29.1 Å². The van der Waals surface area contributed by atoms with Crippen LogP contribution in [0.4, 0.5) is 0 Å². The molecule has 0 aliphatic heterocycles. The zero-order valence-corrected chi connectivity index (χ0v) is 15.6. The molecule has 2 atom stereocenters. The third-order valence-corrected chi connectivity index (χ3v) is 5.21. The highest BCUT2D eigenvalue weighted by molar-refractivity contribution is 6.01. The minimum atomic E-state index is -0.356. The van der Waals surface area contributed by atoms with Crippen LogP contribution in [-0.2, 0) is 11.3 Å². The van der Waals surface area contributed by atoms with Gasteiger partial charge in [0.15, 0.2) is 0 Å². The lowest BCUT2D eigenvalue weighted by Gasteiger charge is -2.29. The van der Waals surface area contributed by atoms with Crippen molar-refractivity contribution in [2.24, 2.45) is 5.92 Å². The van der Waals surface area contributed by atoms with E-state index in [0.29, 0.717) is 35.9 Å². The molecular formula is C19H30N2O3. The van der Waals surface area contributed by atoms with Crippen LogP contribution in [0, 0.1) is 19.8 Å². The lowest BCUT2D eigenvalue weighted by Crippen LogP contribution is -2.41. The number of hydrogen-bond donors (Lipinski definition) is 1. The van der Waals surface area contributed by atoms with E-state index in [1.807, 2.05) is 25.3 Å². The van der Waals surface area contributed by atoms with Gasteiger partial charge >= 0.3 is 5.97 Å². The first kappa shape index (κ1) is 18.6. The summed E-state index contributed by atoms with van der Waals surface area (Å²) >= 11 is 0. The summed E-state index contributed by atoms with van der Waals surface area (Å²) in [6, 6.07) is 0.223. The van der Waals surface area contributed by atoms with Gasteiger partial charge in [0.2, 0.25) is 0 Å². The molecule has 1 heterocycles. The molecule has 1 fully saturated rings. The SMILES string of the molecule is CCOC(=O)c1c(C)c(C(=O)NC2CCCCC2C)c(C)n1CC. The normalized spacial score (nSPS) is 20.7. The highest BCUT2D eigenvalue weighted by atomic mass is 16.5. The van der Waals surface area contributed by atoms with Crippen LogP contribution in [0.2, 0.25) is 0 Å². The number of carbonyl (C=O) groups excluding carboxylic acids is 2. The monoisotopic (exact) mass is 334 g/mol. The average Bonchev–Trinajstić information content (AvgIpc) is 2.80. The molecule has 1 aromatic rings. The molecule has 0 bridgehead atoms. The molecular weight excluding hydrogens is 304 g/mol. The third-order valence-electron chi connectivity index (χ3n) is 5.21. The smallest absolute Gasteiger partial charge is 0.355 e. The maximum absolute atomic E-state index is 12.9.